The molecule has 0 aromatic heterocycles. The molecule has 100 valence electrons. The van der Waals surface area contributed by atoms with Crippen molar-refractivity contribution in [1.29, 1.82) is 0 Å². The molecule has 0 aliphatic carbocycles. The van der Waals surface area contributed by atoms with E-state index >= 15 is 0 Å². The molecule has 1 N–H and O–H groups in total. The van der Waals surface area contributed by atoms with Gasteiger partial charge in [-0.05, 0) is 49.9 Å². The molecule has 0 aliphatic rings. The Bertz CT molecular complexity index is 574. The van der Waals surface area contributed by atoms with Crippen molar-refractivity contribution in [3.63, 3.8) is 0 Å². The Balaban J connectivity index is 2.22. The Hall–Kier alpha value is -1.03. The molecule has 2 rings (SSSR count). The molecule has 2 aromatic rings. The summed E-state index contributed by atoms with van der Waals surface area (Å²) in [4.78, 5) is 0. The zero-order valence-corrected chi connectivity index (χ0v) is 13.1. The fourth-order valence-corrected chi connectivity index (χ4v) is 2.30. The van der Waals surface area contributed by atoms with E-state index in [4.69, 9.17) is 16.3 Å². The molecule has 1 unspecified atom stereocenters. The smallest absolute Gasteiger partial charge is 0.146 e. The van der Waals surface area contributed by atoms with Crippen LogP contribution >= 0.6 is 27.5 Å². The van der Waals surface area contributed by atoms with E-state index in [1.54, 1.807) is 0 Å². The molecule has 2 nitrogen and oxygen atoms in total. The molecule has 0 radical (unpaired) electrons. The molecule has 0 amide bonds. The molecule has 0 spiro atoms. The van der Waals surface area contributed by atoms with E-state index in [1.165, 1.54) is 0 Å². The molecule has 2 aromatic carbocycles. The lowest BCUT2D eigenvalue weighted by Crippen LogP contribution is -2.12. The van der Waals surface area contributed by atoms with Crippen LogP contribution in [0.4, 0.5) is 0 Å². The number of nitrogens with one attached hydrogen (secondary N) is 1. The molecule has 0 saturated heterocycles. The van der Waals surface area contributed by atoms with E-state index in [-0.39, 0.29) is 6.04 Å². The van der Waals surface area contributed by atoms with E-state index in [2.05, 4.69) is 28.2 Å². The van der Waals surface area contributed by atoms with Gasteiger partial charge in [0.25, 0.3) is 0 Å². The highest BCUT2D eigenvalue weighted by Crippen LogP contribution is 2.32. The summed E-state index contributed by atoms with van der Waals surface area (Å²) >= 11 is 9.67. The van der Waals surface area contributed by atoms with Gasteiger partial charge >= 0.3 is 0 Å². The van der Waals surface area contributed by atoms with Gasteiger partial charge in [0.15, 0.2) is 0 Å². The molecule has 0 aliphatic heterocycles. The molecule has 0 bridgehead atoms. The first-order valence-corrected chi connectivity index (χ1v) is 7.17. The van der Waals surface area contributed by atoms with Crippen LogP contribution < -0.4 is 10.1 Å². The highest BCUT2D eigenvalue weighted by Gasteiger charge is 2.08. The van der Waals surface area contributed by atoms with E-state index < -0.39 is 0 Å². The lowest BCUT2D eigenvalue weighted by atomic mass is 10.1. The minimum absolute atomic E-state index is 0.261. The van der Waals surface area contributed by atoms with Gasteiger partial charge in [0.05, 0.1) is 5.02 Å². The Morgan fingerprint density at radius 3 is 2.63 bits per heavy atom. The average Bonchev–Trinajstić information content (AvgIpc) is 2.40. The first-order valence-electron chi connectivity index (χ1n) is 6.00. The zero-order chi connectivity index (χ0) is 13.8. The maximum Gasteiger partial charge on any atom is 0.146 e. The lowest BCUT2D eigenvalue weighted by Gasteiger charge is -2.13. The fraction of sp³-hybridized carbons (Fsp3) is 0.200. The number of rotatable bonds is 4. The molecule has 4 heteroatoms. The molecule has 19 heavy (non-hydrogen) atoms. The second kappa shape index (κ2) is 6.42. The predicted molar refractivity (Wildman–Crippen MR) is 83.1 cm³/mol. The fourth-order valence-electron chi connectivity index (χ4n) is 1.69. The minimum Gasteiger partial charge on any atom is -0.456 e. The summed E-state index contributed by atoms with van der Waals surface area (Å²) in [6, 6.07) is 13.8. The number of halogens is 2. The Kier molecular flexibility index (Phi) is 4.86. The van der Waals surface area contributed by atoms with Crippen LogP contribution in [0.1, 0.15) is 18.5 Å². The van der Waals surface area contributed by atoms with Crippen molar-refractivity contribution in [2.75, 3.05) is 7.05 Å². The number of ether oxygens (including phenoxy) is 1. The summed E-state index contributed by atoms with van der Waals surface area (Å²) < 4.78 is 6.75. The van der Waals surface area contributed by atoms with Gasteiger partial charge in [-0.1, -0.05) is 39.7 Å². The van der Waals surface area contributed by atoms with Crippen LogP contribution in [-0.2, 0) is 0 Å². The highest BCUT2D eigenvalue weighted by molar-refractivity contribution is 9.10. The first kappa shape index (κ1) is 14.4. The van der Waals surface area contributed by atoms with Crippen LogP contribution in [-0.4, -0.2) is 7.05 Å². The van der Waals surface area contributed by atoms with Crippen molar-refractivity contribution in [3.05, 3.63) is 57.5 Å². The molecule has 0 saturated carbocycles. The number of benzene rings is 2. The van der Waals surface area contributed by atoms with Crippen molar-refractivity contribution < 1.29 is 4.74 Å². The van der Waals surface area contributed by atoms with Gasteiger partial charge < -0.3 is 10.1 Å². The van der Waals surface area contributed by atoms with Crippen LogP contribution in [0.3, 0.4) is 0 Å². The van der Waals surface area contributed by atoms with E-state index in [0.717, 1.165) is 15.8 Å². The standard InChI is InChI=1S/C15H15BrClNO/c1-10(18-2)11-6-7-15(14(17)8-11)19-13-5-3-4-12(16)9-13/h3-10,18H,1-2H3. The lowest BCUT2D eigenvalue weighted by molar-refractivity contribution is 0.482. The normalized spacial score (nSPS) is 12.2. The highest BCUT2D eigenvalue weighted by atomic mass is 79.9. The maximum absolute atomic E-state index is 6.26. The van der Waals surface area contributed by atoms with E-state index in [0.29, 0.717) is 10.8 Å². The third-order valence-corrected chi connectivity index (χ3v) is 3.70. The summed E-state index contributed by atoms with van der Waals surface area (Å²) in [6.07, 6.45) is 0. The minimum atomic E-state index is 0.261. The zero-order valence-electron chi connectivity index (χ0n) is 10.8. The molecule has 1 atom stereocenters. The van der Waals surface area contributed by atoms with Gasteiger partial charge in [0, 0.05) is 10.5 Å². The molecular weight excluding hydrogens is 326 g/mol. The Morgan fingerprint density at radius 1 is 1.21 bits per heavy atom. The number of hydrogen-bond donors (Lipinski definition) is 1. The second-order valence-electron chi connectivity index (χ2n) is 4.26. The summed E-state index contributed by atoms with van der Waals surface area (Å²) in [5, 5.41) is 3.79. The largest absolute Gasteiger partial charge is 0.456 e. The third kappa shape index (κ3) is 3.72. The van der Waals surface area contributed by atoms with Crippen molar-refractivity contribution in [1.82, 2.24) is 5.32 Å². The van der Waals surface area contributed by atoms with Gasteiger partial charge in [-0.15, -0.1) is 0 Å². The molecule has 0 heterocycles. The van der Waals surface area contributed by atoms with Crippen LogP contribution in [0.25, 0.3) is 0 Å². The molecule has 0 fully saturated rings. The Morgan fingerprint density at radius 2 is 2.00 bits per heavy atom. The van der Waals surface area contributed by atoms with Gasteiger partial charge in [-0.2, -0.15) is 0 Å². The van der Waals surface area contributed by atoms with Crippen LogP contribution in [0, 0.1) is 0 Å². The van der Waals surface area contributed by atoms with Crippen LogP contribution in [0.5, 0.6) is 11.5 Å². The topological polar surface area (TPSA) is 21.3 Å². The number of hydrogen-bond acceptors (Lipinski definition) is 2. The predicted octanol–water partition coefficient (Wildman–Crippen LogP) is 5.18. The van der Waals surface area contributed by atoms with E-state index in [9.17, 15) is 0 Å². The first-order chi connectivity index (χ1) is 9.10. The summed E-state index contributed by atoms with van der Waals surface area (Å²) in [5.41, 5.74) is 1.13. The third-order valence-electron chi connectivity index (χ3n) is 2.91. The van der Waals surface area contributed by atoms with E-state index in [1.807, 2.05) is 49.5 Å². The second-order valence-corrected chi connectivity index (χ2v) is 5.58. The SMILES string of the molecule is CNC(C)c1ccc(Oc2cccc(Br)c2)c(Cl)c1. The van der Waals surface area contributed by atoms with Crippen molar-refractivity contribution in [2.45, 2.75) is 13.0 Å². The maximum atomic E-state index is 6.26. The van der Waals surface area contributed by atoms with Crippen LogP contribution in [0.15, 0.2) is 46.9 Å². The van der Waals surface area contributed by atoms with Gasteiger partial charge in [-0.25, -0.2) is 0 Å². The Labute approximate surface area is 126 Å². The van der Waals surface area contributed by atoms with Crippen molar-refractivity contribution in [3.8, 4) is 11.5 Å². The quantitative estimate of drug-likeness (QED) is 0.828. The summed E-state index contributed by atoms with van der Waals surface area (Å²) in [5.74, 6) is 1.41. The van der Waals surface area contributed by atoms with Crippen molar-refractivity contribution in [2.24, 2.45) is 0 Å². The summed E-state index contributed by atoms with van der Waals surface area (Å²) in [7, 11) is 1.92. The van der Waals surface area contributed by atoms with Crippen LogP contribution in [0.2, 0.25) is 5.02 Å². The van der Waals surface area contributed by atoms with Gasteiger partial charge in [0.2, 0.25) is 0 Å². The summed E-state index contributed by atoms with van der Waals surface area (Å²) in [6.45, 7) is 2.08. The van der Waals surface area contributed by atoms with Gasteiger partial charge in [-0.3, -0.25) is 0 Å². The van der Waals surface area contributed by atoms with Crippen molar-refractivity contribution >= 4 is 27.5 Å². The average molecular weight is 341 g/mol. The molecular formula is C15H15BrClNO. The van der Waals surface area contributed by atoms with Gasteiger partial charge in [0.1, 0.15) is 11.5 Å². The monoisotopic (exact) mass is 339 g/mol.